The molecule has 19 heavy (non-hydrogen) atoms. The predicted octanol–water partition coefficient (Wildman–Crippen LogP) is 2.81. The van der Waals surface area contributed by atoms with Crippen molar-refractivity contribution in [1.29, 1.82) is 0 Å². The second-order valence-electron chi connectivity index (χ2n) is 7.18. The van der Waals surface area contributed by atoms with E-state index in [1.54, 1.807) is 0 Å². The molecule has 0 N–H and O–H groups in total. The summed E-state index contributed by atoms with van der Waals surface area (Å²) in [4.78, 5) is 0. The topological polar surface area (TPSA) is 27.7 Å². The Morgan fingerprint density at radius 2 is 1.84 bits per heavy atom. The molecule has 0 aliphatic carbocycles. The molecule has 2 heterocycles. The number of terminal acetylenes is 1. The van der Waals surface area contributed by atoms with Gasteiger partial charge in [0.15, 0.2) is 8.32 Å². The fourth-order valence-electron chi connectivity index (χ4n) is 2.53. The zero-order valence-corrected chi connectivity index (χ0v) is 13.7. The van der Waals surface area contributed by atoms with Crippen molar-refractivity contribution in [3.63, 3.8) is 0 Å². The third-order valence-electron chi connectivity index (χ3n) is 4.74. The summed E-state index contributed by atoms with van der Waals surface area (Å²) < 4.78 is 18.2. The van der Waals surface area contributed by atoms with E-state index in [0.717, 1.165) is 6.42 Å². The summed E-state index contributed by atoms with van der Waals surface area (Å²) in [5.41, 5.74) is 0. The molecule has 0 bridgehead atoms. The number of hydrogen-bond acceptors (Lipinski definition) is 3. The fraction of sp³-hybridized carbons (Fsp3) is 0.867. The van der Waals surface area contributed by atoms with E-state index in [9.17, 15) is 0 Å². The molecule has 0 aromatic rings. The summed E-state index contributed by atoms with van der Waals surface area (Å²) >= 11 is 0. The Morgan fingerprint density at radius 3 is 2.42 bits per heavy atom. The molecule has 1 unspecified atom stereocenters. The lowest BCUT2D eigenvalue weighted by molar-refractivity contribution is 0.0231. The highest BCUT2D eigenvalue weighted by Gasteiger charge is 2.50. The normalized spacial score (nSPS) is 35.2. The van der Waals surface area contributed by atoms with E-state index in [1.165, 1.54) is 0 Å². The highest BCUT2D eigenvalue weighted by molar-refractivity contribution is 6.74. The zero-order chi connectivity index (χ0) is 14.3. The van der Waals surface area contributed by atoms with Crippen molar-refractivity contribution in [1.82, 2.24) is 0 Å². The second-order valence-corrected chi connectivity index (χ2v) is 11.9. The molecule has 0 radical (unpaired) electrons. The molecule has 2 aliphatic rings. The Labute approximate surface area is 118 Å². The van der Waals surface area contributed by atoms with Crippen LogP contribution in [0, 0.1) is 18.3 Å². The summed E-state index contributed by atoms with van der Waals surface area (Å²) in [5, 5.41) is 0.210. The average molecular weight is 282 g/mol. The van der Waals surface area contributed by atoms with Gasteiger partial charge in [-0.25, -0.2) is 0 Å². The molecule has 0 aromatic carbocycles. The van der Waals surface area contributed by atoms with E-state index >= 15 is 0 Å². The Hall–Kier alpha value is -0.343. The summed E-state index contributed by atoms with van der Waals surface area (Å²) in [6.07, 6.45) is 6.41. The number of fused-ring (bicyclic) bond motifs is 1. The average Bonchev–Trinajstić information content (AvgIpc) is 2.82. The van der Waals surface area contributed by atoms with Crippen LogP contribution in [0.1, 0.15) is 27.2 Å². The maximum Gasteiger partial charge on any atom is 0.192 e. The summed E-state index contributed by atoms with van der Waals surface area (Å²) in [6.45, 7) is 12.7. The predicted molar refractivity (Wildman–Crippen MR) is 78.5 cm³/mol. The van der Waals surface area contributed by atoms with Crippen LogP contribution in [0.15, 0.2) is 0 Å². The standard InChI is InChI=1S/C15H26O3Si/c1-7-8-11-9-16-14-12(10-17-13(11)14)18-19(5,6)15(2,3)4/h1,11-14H,8-10H2,2-6H3/t11?,12-,13-,14-/m1/s1. The molecule has 108 valence electrons. The Morgan fingerprint density at radius 1 is 1.21 bits per heavy atom. The molecule has 0 amide bonds. The molecule has 0 spiro atoms. The molecule has 0 aromatic heterocycles. The summed E-state index contributed by atoms with van der Waals surface area (Å²) in [6, 6.07) is 0. The van der Waals surface area contributed by atoms with Crippen molar-refractivity contribution < 1.29 is 13.9 Å². The van der Waals surface area contributed by atoms with Crippen molar-refractivity contribution in [2.24, 2.45) is 5.92 Å². The van der Waals surface area contributed by atoms with Crippen LogP contribution in [0.2, 0.25) is 18.1 Å². The van der Waals surface area contributed by atoms with Gasteiger partial charge in [-0.2, -0.15) is 0 Å². The van der Waals surface area contributed by atoms with Crippen molar-refractivity contribution >= 4 is 8.32 Å². The highest BCUT2D eigenvalue weighted by Crippen LogP contribution is 2.41. The minimum Gasteiger partial charge on any atom is -0.409 e. The van der Waals surface area contributed by atoms with E-state index in [1.807, 2.05) is 0 Å². The first-order valence-electron chi connectivity index (χ1n) is 7.11. The third-order valence-corrected chi connectivity index (χ3v) is 9.25. The first-order valence-corrected chi connectivity index (χ1v) is 10.0. The van der Waals surface area contributed by atoms with Gasteiger partial charge in [-0.3, -0.25) is 0 Å². The van der Waals surface area contributed by atoms with E-state index in [4.69, 9.17) is 20.3 Å². The Balaban J connectivity index is 2.00. The number of rotatable bonds is 3. The summed E-state index contributed by atoms with van der Waals surface area (Å²) in [7, 11) is -1.77. The number of hydrogen-bond donors (Lipinski definition) is 0. The van der Waals surface area contributed by atoms with Gasteiger partial charge in [-0.05, 0) is 18.1 Å². The van der Waals surface area contributed by atoms with Crippen LogP contribution >= 0.6 is 0 Å². The van der Waals surface area contributed by atoms with Gasteiger partial charge in [0.2, 0.25) is 0 Å². The number of ether oxygens (including phenoxy) is 2. The van der Waals surface area contributed by atoms with Crippen molar-refractivity contribution in [3.05, 3.63) is 0 Å². The van der Waals surface area contributed by atoms with Gasteiger partial charge in [0.1, 0.15) is 6.10 Å². The molecule has 2 rings (SSSR count). The van der Waals surface area contributed by atoms with E-state index in [0.29, 0.717) is 19.1 Å². The monoisotopic (exact) mass is 282 g/mol. The Bertz CT molecular complexity index is 367. The minimum atomic E-state index is -1.77. The SMILES string of the molecule is C#CCC1CO[C@H]2[C@@H]1OC[C@H]2O[Si](C)(C)C(C)(C)C. The van der Waals surface area contributed by atoms with Gasteiger partial charge in [0, 0.05) is 12.3 Å². The van der Waals surface area contributed by atoms with Crippen LogP contribution in [0.5, 0.6) is 0 Å². The lowest BCUT2D eigenvalue weighted by Crippen LogP contribution is -2.47. The first kappa shape index (κ1) is 15.1. The van der Waals surface area contributed by atoms with E-state index in [-0.39, 0.29) is 23.4 Å². The fourth-order valence-corrected chi connectivity index (χ4v) is 3.84. The Kier molecular flexibility index (Phi) is 4.13. The molecule has 4 atom stereocenters. The van der Waals surface area contributed by atoms with E-state index < -0.39 is 8.32 Å². The first-order chi connectivity index (χ1) is 8.76. The molecule has 3 nitrogen and oxygen atoms in total. The van der Waals surface area contributed by atoms with Gasteiger partial charge in [0.25, 0.3) is 0 Å². The molecular weight excluding hydrogens is 256 g/mol. The van der Waals surface area contributed by atoms with Gasteiger partial charge in [-0.1, -0.05) is 20.8 Å². The lowest BCUT2D eigenvalue weighted by atomic mass is 9.98. The van der Waals surface area contributed by atoms with Crippen LogP contribution in [0.4, 0.5) is 0 Å². The minimum absolute atomic E-state index is 0.0764. The van der Waals surface area contributed by atoms with Crippen molar-refractivity contribution in [3.8, 4) is 12.3 Å². The van der Waals surface area contributed by atoms with Gasteiger partial charge >= 0.3 is 0 Å². The maximum absolute atomic E-state index is 6.44. The molecule has 2 aliphatic heterocycles. The van der Waals surface area contributed by atoms with Gasteiger partial charge in [-0.15, -0.1) is 12.3 Å². The van der Waals surface area contributed by atoms with Gasteiger partial charge in [0.05, 0.1) is 25.4 Å². The van der Waals surface area contributed by atoms with Gasteiger partial charge < -0.3 is 13.9 Å². The van der Waals surface area contributed by atoms with Crippen LogP contribution in [0.25, 0.3) is 0 Å². The quantitative estimate of drug-likeness (QED) is 0.588. The van der Waals surface area contributed by atoms with Crippen LogP contribution < -0.4 is 0 Å². The van der Waals surface area contributed by atoms with Crippen LogP contribution in [-0.2, 0) is 13.9 Å². The second kappa shape index (κ2) is 5.21. The van der Waals surface area contributed by atoms with Crippen molar-refractivity contribution in [2.45, 2.75) is 63.6 Å². The largest absolute Gasteiger partial charge is 0.409 e. The molecule has 2 saturated heterocycles. The van der Waals surface area contributed by atoms with E-state index in [2.05, 4.69) is 39.8 Å². The molecule has 4 heteroatoms. The highest BCUT2D eigenvalue weighted by atomic mass is 28.4. The zero-order valence-electron chi connectivity index (χ0n) is 12.7. The third kappa shape index (κ3) is 2.90. The van der Waals surface area contributed by atoms with Crippen LogP contribution in [0.3, 0.4) is 0 Å². The summed E-state index contributed by atoms with van der Waals surface area (Å²) in [5.74, 6) is 3.05. The van der Waals surface area contributed by atoms with Crippen LogP contribution in [-0.4, -0.2) is 39.8 Å². The lowest BCUT2D eigenvalue weighted by Gasteiger charge is -2.39. The van der Waals surface area contributed by atoms with Crippen molar-refractivity contribution in [2.75, 3.05) is 13.2 Å². The maximum atomic E-state index is 6.44. The smallest absolute Gasteiger partial charge is 0.192 e. The molecular formula is C15H26O3Si. The molecule has 0 saturated carbocycles. The molecule has 2 fully saturated rings.